The van der Waals surface area contributed by atoms with Gasteiger partial charge in [-0.15, -0.1) is 11.3 Å². The van der Waals surface area contributed by atoms with Crippen molar-refractivity contribution in [1.29, 1.82) is 0 Å². The van der Waals surface area contributed by atoms with E-state index in [9.17, 15) is 0 Å². The molecule has 0 spiro atoms. The minimum atomic E-state index is -0.152. The van der Waals surface area contributed by atoms with Gasteiger partial charge in [-0.3, -0.25) is 4.84 Å². The van der Waals surface area contributed by atoms with Gasteiger partial charge in [-0.1, -0.05) is 11.6 Å². The lowest BCUT2D eigenvalue weighted by atomic mass is 10.2. The van der Waals surface area contributed by atoms with Crippen molar-refractivity contribution >= 4 is 22.9 Å². The molecule has 1 aromatic rings. The highest BCUT2D eigenvalue weighted by Crippen LogP contribution is 2.18. The fourth-order valence-electron chi connectivity index (χ4n) is 0.770. The van der Waals surface area contributed by atoms with Crippen molar-refractivity contribution in [3.8, 4) is 0 Å². The first-order valence-corrected chi connectivity index (χ1v) is 5.37. The third kappa shape index (κ3) is 4.62. The van der Waals surface area contributed by atoms with Gasteiger partial charge in [-0.05, 0) is 26.8 Å². The lowest BCUT2D eigenvalue weighted by Crippen LogP contribution is -2.28. The van der Waals surface area contributed by atoms with Crippen LogP contribution in [0.4, 0.5) is 0 Å². The van der Waals surface area contributed by atoms with Crippen LogP contribution in [0.3, 0.4) is 0 Å². The van der Waals surface area contributed by atoms with Crippen molar-refractivity contribution in [3.63, 3.8) is 0 Å². The predicted octanol–water partition coefficient (Wildman–Crippen LogP) is 3.22. The van der Waals surface area contributed by atoms with E-state index in [0.717, 1.165) is 5.02 Å². The van der Waals surface area contributed by atoms with Crippen LogP contribution in [0, 0.1) is 0 Å². The van der Waals surface area contributed by atoms with Crippen molar-refractivity contribution in [2.75, 3.05) is 0 Å². The lowest BCUT2D eigenvalue weighted by molar-refractivity contribution is -0.0754. The van der Waals surface area contributed by atoms with Crippen molar-refractivity contribution in [1.82, 2.24) is 5.48 Å². The normalized spacial score (nSPS) is 12.0. The average Bonchev–Trinajstić information content (AvgIpc) is 2.33. The number of halogens is 1. The Morgan fingerprint density at radius 2 is 2.23 bits per heavy atom. The zero-order valence-electron chi connectivity index (χ0n) is 8.06. The number of hydrogen-bond donors (Lipinski definition) is 1. The van der Waals surface area contributed by atoms with Crippen LogP contribution in [0.15, 0.2) is 11.4 Å². The van der Waals surface area contributed by atoms with E-state index in [1.165, 1.54) is 4.88 Å². The van der Waals surface area contributed by atoms with Gasteiger partial charge in [0.25, 0.3) is 0 Å². The standard InChI is InChI=1S/C9H14ClNOS/c1-9(2,3)12-11-5-8-4-7(10)6-13-8/h4,6,11H,5H2,1-3H3. The van der Waals surface area contributed by atoms with Crippen LogP contribution < -0.4 is 5.48 Å². The predicted molar refractivity (Wildman–Crippen MR) is 57.0 cm³/mol. The first-order valence-electron chi connectivity index (χ1n) is 4.11. The molecule has 74 valence electrons. The lowest BCUT2D eigenvalue weighted by Gasteiger charge is -2.18. The van der Waals surface area contributed by atoms with Gasteiger partial charge in [0, 0.05) is 10.3 Å². The molecule has 2 nitrogen and oxygen atoms in total. The molecule has 4 heteroatoms. The van der Waals surface area contributed by atoms with Gasteiger partial charge < -0.3 is 0 Å². The molecule has 0 atom stereocenters. The molecule has 1 rings (SSSR count). The summed E-state index contributed by atoms with van der Waals surface area (Å²) in [6, 6.07) is 1.94. The topological polar surface area (TPSA) is 21.3 Å². The minimum Gasteiger partial charge on any atom is -0.296 e. The van der Waals surface area contributed by atoms with Crippen molar-refractivity contribution < 1.29 is 4.84 Å². The van der Waals surface area contributed by atoms with E-state index in [-0.39, 0.29) is 5.60 Å². The molecule has 0 bridgehead atoms. The van der Waals surface area contributed by atoms with Gasteiger partial charge in [0.15, 0.2) is 0 Å². The molecule has 0 fully saturated rings. The number of thiophene rings is 1. The Balaban J connectivity index is 2.28. The zero-order chi connectivity index (χ0) is 9.90. The summed E-state index contributed by atoms with van der Waals surface area (Å²) in [5.74, 6) is 0. The smallest absolute Gasteiger partial charge is 0.0813 e. The Labute approximate surface area is 87.8 Å². The molecule has 13 heavy (non-hydrogen) atoms. The Morgan fingerprint density at radius 1 is 1.54 bits per heavy atom. The van der Waals surface area contributed by atoms with Crippen LogP contribution in [-0.4, -0.2) is 5.60 Å². The molecular formula is C9H14ClNOS. The monoisotopic (exact) mass is 219 g/mol. The minimum absolute atomic E-state index is 0.152. The van der Waals surface area contributed by atoms with Gasteiger partial charge in [-0.2, -0.15) is 5.48 Å². The molecule has 0 amide bonds. The Bertz CT molecular complexity index is 267. The Morgan fingerprint density at radius 3 is 2.69 bits per heavy atom. The zero-order valence-corrected chi connectivity index (χ0v) is 9.63. The highest BCUT2D eigenvalue weighted by molar-refractivity contribution is 7.10. The highest BCUT2D eigenvalue weighted by Gasteiger charge is 2.09. The number of hydroxylamine groups is 1. The average molecular weight is 220 g/mol. The second-order valence-electron chi connectivity index (χ2n) is 3.77. The first-order chi connectivity index (χ1) is 5.97. The van der Waals surface area contributed by atoms with E-state index in [2.05, 4.69) is 5.48 Å². The molecule has 1 heterocycles. The first kappa shape index (κ1) is 11.0. The van der Waals surface area contributed by atoms with Crippen molar-refractivity contribution in [3.05, 3.63) is 21.3 Å². The maximum absolute atomic E-state index is 5.77. The molecule has 1 aromatic heterocycles. The summed E-state index contributed by atoms with van der Waals surface area (Å²) in [7, 11) is 0. The fraction of sp³-hybridized carbons (Fsp3) is 0.556. The summed E-state index contributed by atoms with van der Waals surface area (Å²) >= 11 is 7.40. The maximum atomic E-state index is 5.77. The third-order valence-corrected chi connectivity index (χ3v) is 2.53. The number of hydrogen-bond acceptors (Lipinski definition) is 3. The largest absolute Gasteiger partial charge is 0.296 e. The molecule has 0 aromatic carbocycles. The third-order valence-electron chi connectivity index (χ3n) is 1.25. The second kappa shape index (κ2) is 4.42. The van der Waals surface area contributed by atoms with Gasteiger partial charge in [0.1, 0.15) is 0 Å². The summed E-state index contributed by atoms with van der Waals surface area (Å²) < 4.78 is 0. The molecule has 1 N–H and O–H groups in total. The number of rotatable bonds is 3. The summed E-state index contributed by atoms with van der Waals surface area (Å²) in [6.07, 6.45) is 0. The van der Waals surface area contributed by atoms with Crippen LogP contribution in [-0.2, 0) is 11.4 Å². The van der Waals surface area contributed by atoms with E-state index >= 15 is 0 Å². The molecule has 0 saturated carbocycles. The van der Waals surface area contributed by atoms with E-state index in [1.54, 1.807) is 11.3 Å². The van der Waals surface area contributed by atoms with E-state index in [4.69, 9.17) is 16.4 Å². The molecule has 0 unspecified atom stereocenters. The summed E-state index contributed by atoms with van der Waals surface area (Å²) in [4.78, 5) is 6.53. The summed E-state index contributed by atoms with van der Waals surface area (Å²) in [6.45, 7) is 6.71. The van der Waals surface area contributed by atoms with Crippen molar-refractivity contribution in [2.24, 2.45) is 0 Å². The van der Waals surface area contributed by atoms with Gasteiger partial charge >= 0.3 is 0 Å². The Kier molecular flexibility index (Phi) is 3.74. The molecule has 0 aliphatic carbocycles. The molecule has 0 aliphatic rings. The second-order valence-corrected chi connectivity index (χ2v) is 5.20. The number of nitrogens with one attached hydrogen (secondary N) is 1. The van der Waals surface area contributed by atoms with Gasteiger partial charge in [-0.25, -0.2) is 0 Å². The molecule has 0 radical (unpaired) electrons. The molecule has 0 saturated heterocycles. The fourth-order valence-corrected chi connectivity index (χ4v) is 1.77. The van der Waals surface area contributed by atoms with Crippen LogP contribution >= 0.6 is 22.9 Å². The summed E-state index contributed by atoms with van der Waals surface area (Å²) in [5, 5.41) is 2.70. The maximum Gasteiger partial charge on any atom is 0.0813 e. The van der Waals surface area contributed by atoms with Crippen LogP contribution in [0.5, 0.6) is 0 Å². The van der Waals surface area contributed by atoms with Gasteiger partial charge in [0.05, 0.1) is 17.2 Å². The van der Waals surface area contributed by atoms with E-state index < -0.39 is 0 Å². The quantitative estimate of drug-likeness (QED) is 0.789. The SMILES string of the molecule is CC(C)(C)ONCc1cc(Cl)cs1. The summed E-state index contributed by atoms with van der Waals surface area (Å²) in [5.41, 5.74) is 2.75. The molecular weight excluding hydrogens is 206 g/mol. The van der Waals surface area contributed by atoms with E-state index in [1.807, 2.05) is 32.2 Å². The van der Waals surface area contributed by atoms with Crippen LogP contribution in [0.1, 0.15) is 25.6 Å². The van der Waals surface area contributed by atoms with E-state index in [0.29, 0.717) is 6.54 Å². The molecule has 0 aliphatic heterocycles. The van der Waals surface area contributed by atoms with Crippen LogP contribution in [0.2, 0.25) is 5.02 Å². The van der Waals surface area contributed by atoms with Gasteiger partial charge in [0.2, 0.25) is 0 Å². The Hall–Kier alpha value is -0.0900. The van der Waals surface area contributed by atoms with Crippen molar-refractivity contribution in [2.45, 2.75) is 32.9 Å². The van der Waals surface area contributed by atoms with Crippen LogP contribution in [0.25, 0.3) is 0 Å². The highest BCUT2D eigenvalue weighted by atomic mass is 35.5.